The van der Waals surface area contributed by atoms with Crippen LogP contribution in [-0.2, 0) is 12.3 Å². The first-order valence-electron chi connectivity index (χ1n) is 4.52. The van der Waals surface area contributed by atoms with Crippen LogP contribution >= 0.6 is 34.5 Å². The van der Waals surface area contributed by atoms with Gasteiger partial charge in [-0.2, -0.15) is 0 Å². The van der Waals surface area contributed by atoms with Crippen molar-refractivity contribution in [1.82, 2.24) is 0 Å². The molecule has 0 aliphatic rings. The maximum atomic E-state index is 6.13. The molecular formula is C11H10Cl2S. The van der Waals surface area contributed by atoms with Crippen molar-refractivity contribution in [2.24, 2.45) is 0 Å². The Hall–Kier alpha value is -0.240. The van der Waals surface area contributed by atoms with Crippen molar-refractivity contribution in [3.63, 3.8) is 0 Å². The van der Waals surface area contributed by atoms with Crippen molar-refractivity contribution in [2.75, 3.05) is 0 Å². The number of thiophene rings is 1. The summed E-state index contributed by atoms with van der Waals surface area (Å²) in [6, 6.07) is 6.31. The van der Waals surface area contributed by atoms with E-state index in [1.807, 2.05) is 0 Å². The Bertz CT molecular complexity index is 460. The number of alkyl halides is 1. The second kappa shape index (κ2) is 4.09. The average molecular weight is 245 g/mol. The maximum Gasteiger partial charge on any atom is 0.0985 e. The minimum absolute atomic E-state index is 0.496. The predicted octanol–water partition coefficient (Wildman–Crippen LogP) is 4.86. The third-order valence-corrected chi connectivity index (χ3v) is 4.08. The fourth-order valence-corrected chi connectivity index (χ4v) is 3.49. The van der Waals surface area contributed by atoms with Gasteiger partial charge in [0, 0.05) is 15.6 Å². The van der Waals surface area contributed by atoms with Crippen LogP contribution in [0.15, 0.2) is 18.2 Å². The van der Waals surface area contributed by atoms with E-state index >= 15 is 0 Å². The zero-order valence-electron chi connectivity index (χ0n) is 7.81. The van der Waals surface area contributed by atoms with Crippen LogP contribution in [0.3, 0.4) is 0 Å². The third kappa shape index (κ3) is 1.54. The number of fused-ring (bicyclic) bond motifs is 1. The molecule has 0 N–H and O–H groups in total. The molecule has 0 fully saturated rings. The fourth-order valence-electron chi connectivity index (χ4n) is 1.67. The Morgan fingerprint density at radius 1 is 1.36 bits per heavy atom. The lowest BCUT2D eigenvalue weighted by molar-refractivity contribution is 1.16. The molecule has 3 heteroatoms. The summed E-state index contributed by atoms with van der Waals surface area (Å²) in [6.07, 6.45) is 1.02. The van der Waals surface area contributed by atoms with Gasteiger partial charge in [0.15, 0.2) is 0 Å². The number of hydrogen-bond acceptors (Lipinski definition) is 1. The molecule has 0 saturated heterocycles. The van der Waals surface area contributed by atoms with Gasteiger partial charge in [0.05, 0.1) is 10.2 Å². The highest BCUT2D eigenvalue weighted by Gasteiger charge is 2.11. The molecule has 0 spiro atoms. The first-order chi connectivity index (χ1) is 6.77. The Morgan fingerprint density at radius 2 is 2.14 bits per heavy atom. The van der Waals surface area contributed by atoms with Crippen LogP contribution in [0.4, 0.5) is 0 Å². The molecule has 1 aromatic heterocycles. The third-order valence-electron chi connectivity index (χ3n) is 2.37. The van der Waals surface area contributed by atoms with Gasteiger partial charge in [-0.1, -0.05) is 30.7 Å². The molecule has 0 aliphatic carbocycles. The Balaban J connectivity index is 2.82. The zero-order valence-corrected chi connectivity index (χ0v) is 10.1. The zero-order chi connectivity index (χ0) is 10.1. The Labute approximate surface area is 97.5 Å². The van der Waals surface area contributed by atoms with Crippen LogP contribution < -0.4 is 0 Å². The smallest absolute Gasteiger partial charge is 0.0985 e. The van der Waals surface area contributed by atoms with Crippen molar-refractivity contribution < 1.29 is 0 Å². The summed E-state index contributed by atoms with van der Waals surface area (Å²) in [7, 11) is 0. The van der Waals surface area contributed by atoms with Gasteiger partial charge in [-0.15, -0.1) is 22.9 Å². The van der Waals surface area contributed by atoms with Crippen LogP contribution in [0.25, 0.3) is 10.1 Å². The summed E-state index contributed by atoms with van der Waals surface area (Å²) in [5.74, 6) is 0.496. The highest BCUT2D eigenvalue weighted by molar-refractivity contribution is 7.23. The van der Waals surface area contributed by atoms with E-state index < -0.39 is 0 Å². The molecule has 0 amide bonds. The lowest BCUT2D eigenvalue weighted by atomic mass is 10.1. The van der Waals surface area contributed by atoms with Crippen LogP contribution in [-0.4, -0.2) is 0 Å². The van der Waals surface area contributed by atoms with Crippen LogP contribution in [0.5, 0.6) is 0 Å². The molecule has 0 radical (unpaired) electrons. The molecule has 2 rings (SSSR count). The minimum atomic E-state index is 0.496. The van der Waals surface area contributed by atoms with Crippen molar-refractivity contribution in [3.8, 4) is 0 Å². The van der Waals surface area contributed by atoms with Gasteiger partial charge in [0.25, 0.3) is 0 Å². The van der Waals surface area contributed by atoms with Gasteiger partial charge in [0.2, 0.25) is 0 Å². The molecular weight excluding hydrogens is 235 g/mol. The van der Waals surface area contributed by atoms with E-state index in [1.54, 1.807) is 11.3 Å². The number of hydrogen-bond donors (Lipinski definition) is 0. The normalized spacial score (nSPS) is 11.1. The molecule has 2 aromatic rings. The second-order valence-electron chi connectivity index (χ2n) is 3.13. The van der Waals surface area contributed by atoms with Gasteiger partial charge in [-0.05, 0) is 18.1 Å². The molecule has 0 aliphatic heterocycles. The standard InChI is InChI=1S/C11H10Cl2S/c1-2-7-4-3-5-9-10(7)8(6-12)11(13)14-9/h3-5H,2,6H2,1H3. The molecule has 1 heterocycles. The molecule has 74 valence electrons. The van der Waals surface area contributed by atoms with E-state index in [4.69, 9.17) is 23.2 Å². The van der Waals surface area contributed by atoms with Gasteiger partial charge in [-0.25, -0.2) is 0 Å². The molecule has 0 saturated carbocycles. The number of benzene rings is 1. The van der Waals surface area contributed by atoms with E-state index in [0.29, 0.717) is 5.88 Å². The molecule has 0 unspecified atom stereocenters. The summed E-state index contributed by atoms with van der Waals surface area (Å²) in [6.45, 7) is 2.15. The Morgan fingerprint density at radius 3 is 2.79 bits per heavy atom. The highest BCUT2D eigenvalue weighted by Crippen LogP contribution is 2.38. The number of halogens is 2. The quantitative estimate of drug-likeness (QED) is 0.663. The van der Waals surface area contributed by atoms with Crippen molar-refractivity contribution in [2.45, 2.75) is 19.2 Å². The largest absolute Gasteiger partial charge is 0.123 e. The maximum absolute atomic E-state index is 6.13. The SMILES string of the molecule is CCc1cccc2sc(Cl)c(CCl)c12. The fraction of sp³-hybridized carbons (Fsp3) is 0.273. The van der Waals surface area contributed by atoms with Crippen molar-refractivity contribution in [1.29, 1.82) is 0 Å². The van der Waals surface area contributed by atoms with E-state index in [9.17, 15) is 0 Å². The van der Waals surface area contributed by atoms with E-state index in [0.717, 1.165) is 16.3 Å². The number of aryl methyl sites for hydroxylation is 1. The van der Waals surface area contributed by atoms with Crippen LogP contribution in [0.2, 0.25) is 4.34 Å². The monoisotopic (exact) mass is 244 g/mol. The van der Waals surface area contributed by atoms with Crippen LogP contribution in [0, 0.1) is 0 Å². The summed E-state index contributed by atoms with van der Waals surface area (Å²) in [5, 5.41) is 1.26. The molecule has 0 nitrogen and oxygen atoms in total. The molecule has 1 aromatic carbocycles. The van der Waals surface area contributed by atoms with E-state index in [-0.39, 0.29) is 0 Å². The van der Waals surface area contributed by atoms with Crippen molar-refractivity contribution in [3.05, 3.63) is 33.7 Å². The number of rotatable bonds is 2. The first kappa shape index (κ1) is 10.3. The Kier molecular flexibility index (Phi) is 3.01. The highest BCUT2D eigenvalue weighted by atomic mass is 35.5. The van der Waals surface area contributed by atoms with Gasteiger partial charge < -0.3 is 0 Å². The van der Waals surface area contributed by atoms with Gasteiger partial charge in [-0.3, -0.25) is 0 Å². The van der Waals surface area contributed by atoms with E-state index in [2.05, 4.69) is 25.1 Å². The van der Waals surface area contributed by atoms with Gasteiger partial charge >= 0.3 is 0 Å². The summed E-state index contributed by atoms with van der Waals surface area (Å²) in [5.41, 5.74) is 2.42. The minimum Gasteiger partial charge on any atom is -0.123 e. The molecule has 0 atom stereocenters. The molecule has 14 heavy (non-hydrogen) atoms. The lowest BCUT2D eigenvalue weighted by Crippen LogP contribution is -1.83. The van der Waals surface area contributed by atoms with Crippen molar-refractivity contribution >= 4 is 44.6 Å². The summed E-state index contributed by atoms with van der Waals surface area (Å²) < 4.78 is 2.07. The topological polar surface area (TPSA) is 0 Å². The molecule has 0 bridgehead atoms. The predicted molar refractivity (Wildman–Crippen MR) is 65.8 cm³/mol. The lowest BCUT2D eigenvalue weighted by Gasteiger charge is -2.01. The van der Waals surface area contributed by atoms with Gasteiger partial charge in [0.1, 0.15) is 0 Å². The second-order valence-corrected chi connectivity index (χ2v) is 5.05. The van der Waals surface area contributed by atoms with Crippen LogP contribution in [0.1, 0.15) is 18.1 Å². The first-order valence-corrected chi connectivity index (χ1v) is 6.25. The average Bonchev–Trinajstić information content (AvgIpc) is 2.52. The summed E-state index contributed by atoms with van der Waals surface area (Å²) >= 11 is 13.6. The van der Waals surface area contributed by atoms with E-state index in [1.165, 1.54) is 15.6 Å². The summed E-state index contributed by atoms with van der Waals surface area (Å²) in [4.78, 5) is 0.